The monoisotopic (exact) mass is 279 g/mol. The molecule has 2 rings (SSSR count). The maximum absolute atomic E-state index is 6.02. The molecule has 0 saturated carbocycles. The van der Waals surface area contributed by atoms with E-state index in [2.05, 4.69) is 4.98 Å². The fraction of sp³-hybridized carbons (Fsp3) is 0.214. The van der Waals surface area contributed by atoms with Crippen LogP contribution in [-0.4, -0.2) is 17.3 Å². The number of nitrogens with zero attached hydrogens (tertiary/aromatic N) is 1. The standard InChI is InChI=1S/C14H14ClNOS/c1-11-5-2-3-7-13(11)17-9-10-18-14-12(15)6-4-8-16-14/h2-8H,9-10H2,1H3. The second-order valence-corrected chi connectivity index (χ2v) is 5.24. The van der Waals surface area contributed by atoms with Crippen molar-refractivity contribution in [3.63, 3.8) is 0 Å². The van der Waals surface area contributed by atoms with Gasteiger partial charge in [-0.25, -0.2) is 4.98 Å². The molecule has 0 bridgehead atoms. The number of hydrogen-bond acceptors (Lipinski definition) is 3. The fourth-order valence-electron chi connectivity index (χ4n) is 1.49. The largest absolute Gasteiger partial charge is 0.492 e. The lowest BCUT2D eigenvalue weighted by Gasteiger charge is -2.08. The number of aromatic nitrogens is 1. The molecule has 2 aromatic rings. The minimum atomic E-state index is 0.641. The second-order valence-electron chi connectivity index (χ2n) is 3.75. The molecule has 0 aliphatic heterocycles. The molecule has 0 unspecified atom stereocenters. The van der Waals surface area contributed by atoms with E-state index < -0.39 is 0 Å². The summed E-state index contributed by atoms with van der Waals surface area (Å²) in [7, 11) is 0. The molecule has 0 radical (unpaired) electrons. The van der Waals surface area contributed by atoms with E-state index in [0.717, 1.165) is 22.1 Å². The summed E-state index contributed by atoms with van der Waals surface area (Å²) in [4.78, 5) is 4.22. The summed E-state index contributed by atoms with van der Waals surface area (Å²) in [6.07, 6.45) is 1.75. The third-order valence-electron chi connectivity index (χ3n) is 2.40. The first-order valence-electron chi connectivity index (χ1n) is 5.69. The Balaban J connectivity index is 1.80. The van der Waals surface area contributed by atoms with Crippen LogP contribution in [0.1, 0.15) is 5.56 Å². The highest BCUT2D eigenvalue weighted by Gasteiger charge is 2.02. The minimum absolute atomic E-state index is 0.641. The lowest BCUT2D eigenvalue weighted by atomic mass is 10.2. The number of benzene rings is 1. The zero-order valence-electron chi connectivity index (χ0n) is 10.1. The Morgan fingerprint density at radius 2 is 2.06 bits per heavy atom. The summed E-state index contributed by atoms with van der Waals surface area (Å²) in [6, 6.07) is 11.7. The Kier molecular flexibility index (Phi) is 4.90. The van der Waals surface area contributed by atoms with E-state index in [0.29, 0.717) is 11.6 Å². The van der Waals surface area contributed by atoms with Gasteiger partial charge in [-0.05, 0) is 30.7 Å². The van der Waals surface area contributed by atoms with Gasteiger partial charge in [0.1, 0.15) is 10.8 Å². The van der Waals surface area contributed by atoms with E-state index in [9.17, 15) is 0 Å². The average Bonchev–Trinajstić information content (AvgIpc) is 2.38. The van der Waals surface area contributed by atoms with Crippen LogP contribution >= 0.6 is 23.4 Å². The quantitative estimate of drug-likeness (QED) is 0.604. The van der Waals surface area contributed by atoms with Gasteiger partial charge < -0.3 is 4.74 Å². The number of thioether (sulfide) groups is 1. The zero-order valence-corrected chi connectivity index (χ0v) is 11.7. The van der Waals surface area contributed by atoms with Crippen molar-refractivity contribution >= 4 is 23.4 Å². The average molecular weight is 280 g/mol. The summed E-state index contributed by atoms with van der Waals surface area (Å²) in [5, 5.41) is 1.55. The molecule has 0 aliphatic carbocycles. The fourth-order valence-corrected chi connectivity index (χ4v) is 2.47. The number of hydrogen-bond donors (Lipinski definition) is 0. The summed E-state index contributed by atoms with van der Waals surface area (Å²) in [6.45, 7) is 2.68. The summed E-state index contributed by atoms with van der Waals surface area (Å²) < 4.78 is 5.71. The SMILES string of the molecule is Cc1ccccc1OCCSc1ncccc1Cl. The van der Waals surface area contributed by atoms with Gasteiger partial charge in [0.2, 0.25) is 0 Å². The smallest absolute Gasteiger partial charge is 0.122 e. The van der Waals surface area contributed by atoms with Crippen LogP contribution in [0.5, 0.6) is 5.75 Å². The van der Waals surface area contributed by atoms with Crippen molar-refractivity contribution in [2.45, 2.75) is 11.9 Å². The highest BCUT2D eigenvalue weighted by molar-refractivity contribution is 7.99. The molecule has 94 valence electrons. The maximum atomic E-state index is 6.02. The van der Waals surface area contributed by atoms with Crippen LogP contribution < -0.4 is 4.74 Å². The molecular formula is C14H14ClNOS. The number of ether oxygens (including phenoxy) is 1. The molecule has 4 heteroatoms. The molecule has 0 spiro atoms. The molecule has 0 saturated heterocycles. The third-order valence-corrected chi connectivity index (χ3v) is 3.78. The highest BCUT2D eigenvalue weighted by atomic mass is 35.5. The van der Waals surface area contributed by atoms with Gasteiger partial charge in [0.25, 0.3) is 0 Å². The van der Waals surface area contributed by atoms with Crippen LogP contribution in [0, 0.1) is 6.92 Å². The van der Waals surface area contributed by atoms with Crippen molar-refractivity contribution in [2.75, 3.05) is 12.4 Å². The Morgan fingerprint density at radius 1 is 1.22 bits per heavy atom. The number of aryl methyl sites for hydroxylation is 1. The normalized spacial score (nSPS) is 10.3. The summed E-state index contributed by atoms with van der Waals surface area (Å²) in [5.41, 5.74) is 1.15. The van der Waals surface area contributed by atoms with Crippen LogP contribution in [0.2, 0.25) is 5.02 Å². The van der Waals surface area contributed by atoms with Gasteiger partial charge in [0.05, 0.1) is 11.6 Å². The van der Waals surface area contributed by atoms with Gasteiger partial charge in [-0.15, -0.1) is 11.8 Å². The van der Waals surface area contributed by atoms with Crippen molar-refractivity contribution in [1.29, 1.82) is 0 Å². The number of halogens is 1. The lowest BCUT2D eigenvalue weighted by molar-refractivity contribution is 0.341. The topological polar surface area (TPSA) is 22.1 Å². The van der Waals surface area contributed by atoms with Crippen molar-refractivity contribution < 1.29 is 4.74 Å². The van der Waals surface area contributed by atoms with E-state index in [4.69, 9.17) is 16.3 Å². The van der Waals surface area contributed by atoms with Gasteiger partial charge in [-0.2, -0.15) is 0 Å². The molecule has 1 aromatic carbocycles. The molecular weight excluding hydrogens is 266 g/mol. The molecule has 0 atom stereocenters. The Morgan fingerprint density at radius 3 is 2.83 bits per heavy atom. The number of para-hydroxylation sites is 1. The van der Waals surface area contributed by atoms with E-state index in [1.807, 2.05) is 43.3 Å². The molecule has 2 nitrogen and oxygen atoms in total. The molecule has 0 amide bonds. The Labute approximate surface area is 116 Å². The summed E-state index contributed by atoms with van der Waals surface area (Å²) >= 11 is 7.63. The van der Waals surface area contributed by atoms with E-state index in [1.54, 1.807) is 18.0 Å². The van der Waals surface area contributed by atoms with Gasteiger partial charge in [-0.3, -0.25) is 0 Å². The van der Waals surface area contributed by atoms with Crippen molar-refractivity contribution in [3.05, 3.63) is 53.2 Å². The van der Waals surface area contributed by atoms with Crippen LogP contribution in [-0.2, 0) is 0 Å². The van der Waals surface area contributed by atoms with Crippen molar-refractivity contribution in [3.8, 4) is 5.75 Å². The van der Waals surface area contributed by atoms with Crippen LogP contribution in [0.15, 0.2) is 47.6 Å². The van der Waals surface area contributed by atoms with Gasteiger partial charge in [0.15, 0.2) is 0 Å². The van der Waals surface area contributed by atoms with Crippen LogP contribution in [0.25, 0.3) is 0 Å². The first-order chi connectivity index (χ1) is 8.77. The number of rotatable bonds is 5. The van der Waals surface area contributed by atoms with Gasteiger partial charge >= 0.3 is 0 Å². The molecule has 0 aliphatic rings. The second kappa shape index (κ2) is 6.66. The van der Waals surface area contributed by atoms with Crippen molar-refractivity contribution in [2.24, 2.45) is 0 Å². The van der Waals surface area contributed by atoms with Gasteiger partial charge in [-0.1, -0.05) is 29.8 Å². The van der Waals surface area contributed by atoms with E-state index in [-0.39, 0.29) is 0 Å². The lowest BCUT2D eigenvalue weighted by Crippen LogP contribution is -2.01. The predicted octanol–water partition coefficient (Wildman–Crippen LogP) is 4.21. The Bertz CT molecular complexity index is 471. The summed E-state index contributed by atoms with van der Waals surface area (Å²) in [5.74, 6) is 1.76. The maximum Gasteiger partial charge on any atom is 0.122 e. The molecule has 1 heterocycles. The molecule has 0 fully saturated rings. The first-order valence-corrected chi connectivity index (χ1v) is 7.05. The molecule has 18 heavy (non-hydrogen) atoms. The molecule has 0 N–H and O–H groups in total. The van der Waals surface area contributed by atoms with Crippen LogP contribution in [0.3, 0.4) is 0 Å². The highest BCUT2D eigenvalue weighted by Crippen LogP contribution is 2.24. The zero-order chi connectivity index (χ0) is 12.8. The Hall–Kier alpha value is -1.19. The van der Waals surface area contributed by atoms with E-state index in [1.165, 1.54) is 0 Å². The first kappa shape index (κ1) is 13.2. The predicted molar refractivity (Wildman–Crippen MR) is 76.6 cm³/mol. The third kappa shape index (κ3) is 3.65. The number of pyridine rings is 1. The minimum Gasteiger partial charge on any atom is -0.492 e. The van der Waals surface area contributed by atoms with Crippen LogP contribution in [0.4, 0.5) is 0 Å². The van der Waals surface area contributed by atoms with E-state index >= 15 is 0 Å². The van der Waals surface area contributed by atoms with Gasteiger partial charge in [0, 0.05) is 11.9 Å². The van der Waals surface area contributed by atoms with Crippen molar-refractivity contribution in [1.82, 2.24) is 4.98 Å². The molecule has 1 aromatic heterocycles.